The van der Waals surface area contributed by atoms with Gasteiger partial charge in [0.2, 0.25) is 0 Å². The van der Waals surface area contributed by atoms with Gasteiger partial charge >= 0.3 is 0 Å². The number of nitrogens with zero attached hydrogens (tertiary/aromatic N) is 4. The highest BCUT2D eigenvalue weighted by atomic mass is 35.5. The number of benzene rings is 1. The van der Waals surface area contributed by atoms with Crippen LogP contribution in [0, 0.1) is 5.92 Å². The van der Waals surface area contributed by atoms with E-state index in [9.17, 15) is 0 Å². The van der Waals surface area contributed by atoms with E-state index in [1.165, 1.54) is 33.3 Å². The Morgan fingerprint density at radius 1 is 1.14 bits per heavy atom. The molecule has 1 aliphatic carbocycles. The summed E-state index contributed by atoms with van der Waals surface area (Å²) in [5.74, 6) is 2.24. The van der Waals surface area contributed by atoms with Gasteiger partial charge in [-0.05, 0) is 24.8 Å². The molecule has 2 aromatic heterocycles. The molecular formula is C23H26Cl2N8O2. The summed E-state index contributed by atoms with van der Waals surface area (Å²) in [4.78, 5) is 18.0. The Labute approximate surface area is 212 Å². The molecule has 0 spiro atoms. The molecule has 0 aliphatic heterocycles. The minimum atomic E-state index is 0.0952. The van der Waals surface area contributed by atoms with Crippen LogP contribution >= 0.6 is 23.2 Å². The fourth-order valence-corrected chi connectivity index (χ4v) is 4.10. The second-order valence-corrected chi connectivity index (χ2v) is 8.71. The minimum Gasteiger partial charge on any atom is -0.495 e. The van der Waals surface area contributed by atoms with Crippen LogP contribution in [-0.2, 0) is 0 Å². The summed E-state index contributed by atoms with van der Waals surface area (Å²) in [6.07, 6.45) is 5.52. The molecule has 1 saturated carbocycles. The first-order chi connectivity index (χ1) is 16.9. The van der Waals surface area contributed by atoms with Crippen LogP contribution < -0.4 is 31.6 Å². The van der Waals surface area contributed by atoms with E-state index in [1.807, 2.05) is 0 Å². The summed E-state index contributed by atoms with van der Waals surface area (Å²) in [7, 11) is 4.76. The van der Waals surface area contributed by atoms with Gasteiger partial charge in [0, 0.05) is 43.0 Å². The Morgan fingerprint density at radius 3 is 2.43 bits per heavy atom. The van der Waals surface area contributed by atoms with Crippen LogP contribution in [0.3, 0.4) is 0 Å². The van der Waals surface area contributed by atoms with Crippen molar-refractivity contribution < 1.29 is 9.47 Å². The quantitative estimate of drug-likeness (QED) is 0.246. The van der Waals surface area contributed by atoms with Crippen molar-refractivity contribution in [1.29, 1.82) is 0 Å². The van der Waals surface area contributed by atoms with Crippen LogP contribution in [0.15, 0.2) is 35.2 Å². The Morgan fingerprint density at radius 2 is 1.83 bits per heavy atom. The number of nitrogens with one attached hydrogen (secondary N) is 2. The zero-order valence-corrected chi connectivity index (χ0v) is 21.0. The van der Waals surface area contributed by atoms with E-state index in [2.05, 4.69) is 25.6 Å². The molecule has 0 bridgehead atoms. The number of amidine groups is 1. The number of ether oxygens (including phenoxy) is 2. The highest BCUT2D eigenvalue weighted by molar-refractivity contribution is 6.41. The van der Waals surface area contributed by atoms with Crippen molar-refractivity contribution in [2.24, 2.45) is 22.4 Å². The summed E-state index contributed by atoms with van der Waals surface area (Å²) >= 11 is 13.3. The average molecular weight is 517 g/mol. The molecule has 35 heavy (non-hydrogen) atoms. The number of hydrogen-bond acceptors (Lipinski definition) is 9. The van der Waals surface area contributed by atoms with Crippen molar-refractivity contribution in [1.82, 2.24) is 20.3 Å². The fraction of sp³-hybridized carbons (Fsp3) is 0.304. The maximum atomic E-state index is 6.65. The standard InChI is InChI=1S/C23H26Cl2N8O2/c1-28-10-13(26)21(27)33-23-30-9-12-6-14(31-22(20(12)32-23)29-8-11-4-5-11)17-18(24)15(34-2)7-16(35-3)19(17)25/h6-7,9-11,28H,4-5,8,26H2,1-3H3,(H,29,31)(H2,27,30,32,33)/b13-10+. The van der Waals surface area contributed by atoms with Gasteiger partial charge in [-0.3, -0.25) is 0 Å². The van der Waals surface area contributed by atoms with Crippen LogP contribution in [0.4, 0.5) is 11.8 Å². The molecule has 0 radical (unpaired) electrons. The smallest absolute Gasteiger partial charge is 0.252 e. The third-order valence-corrected chi connectivity index (χ3v) is 6.20. The number of aromatic nitrogens is 3. The molecule has 184 valence electrons. The lowest BCUT2D eigenvalue weighted by molar-refractivity contribution is 0.395. The van der Waals surface area contributed by atoms with Gasteiger partial charge in [0.25, 0.3) is 5.95 Å². The van der Waals surface area contributed by atoms with Gasteiger partial charge in [-0.1, -0.05) is 23.2 Å². The first-order valence-corrected chi connectivity index (χ1v) is 11.6. The molecule has 12 heteroatoms. The van der Waals surface area contributed by atoms with Crippen molar-refractivity contribution in [2.75, 3.05) is 33.1 Å². The molecule has 0 amide bonds. The maximum Gasteiger partial charge on any atom is 0.252 e. The Bertz CT molecular complexity index is 1300. The SMILES string of the molecule is CN/C=C(N)\C(N)=N\c1ncc2cc(-c3c(Cl)c(OC)cc(OC)c3Cl)nc(NCC3CC3)c2n1. The Kier molecular flexibility index (Phi) is 7.32. The van der Waals surface area contributed by atoms with E-state index in [0.717, 1.165) is 6.54 Å². The lowest BCUT2D eigenvalue weighted by Gasteiger charge is -2.16. The lowest BCUT2D eigenvalue weighted by atomic mass is 10.1. The van der Waals surface area contributed by atoms with E-state index in [-0.39, 0.29) is 17.5 Å². The predicted molar refractivity (Wildman–Crippen MR) is 140 cm³/mol. The van der Waals surface area contributed by atoms with Gasteiger partial charge in [0.05, 0.1) is 35.7 Å². The third kappa shape index (κ3) is 5.28. The third-order valence-electron chi connectivity index (χ3n) is 5.45. The first-order valence-electron chi connectivity index (χ1n) is 10.9. The normalized spacial score (nSPS) is 14.2. The summed E-state index contributed by atoms with van der Waals surface area (Å²) in [5, 5.41) is 7.55. The molecule has 0 unspecified atom stereocenters. The Balaban J connectivity index is 1.87. The van der Waals surface area contributed by atoms with Crippen LogP contribution in [-0.4, -0.2) is 48.6 Å². The zero-order chi connectivity index (χ0) is 25.1. The second kappa shape index (κ2) is 10.4. The topological polar surface area (TPSA) is 146 Å². The largest absolute Gasteiger partial charge is 0.495 e. The number of anilines is 1. The number of aliphatic imine (C=N–C) groups is 1. The highest BCUT2D eigenvalue weighted by Crippen LogP contribution is 2.46. The zero-order valence-electron chi connectivity index (χ0n) is 19.5. The van der Waals surface area contributed by atoms with E-state index < -0.39 is 0 Å². The van der Waals surface area contributed by atoms with Crippen molar-refractivity contribution in [3.63, 3.8) is 0 Å². The monoisotopic (exact) mass is 516 g/mol. The van der Waals surface area contributed by atoms with E-state index >= 15 is 0 Å². The van der Waals surface area contributed by atoms with E-state index in [4.69, 9.17) is 49.1 Å². The molecule has 1 aromatic carbocycles. The molecule has 6 N–H and O–H groups in total. The van der Waals surface area contributed by atoms with Crippen LogP contribution in [0.1, 0.15) is 12.8 Å². The van der Waals surface area contributed by atoms with Gasteiger partial charge in [0.15, 0.2) is 11.7 Å². The van der Waals surface area contributed by atoms with Crippen molar-refractivity contribution >= 4 is 51.7 Å². The van der Waals surface area contributed by atoms with Gasteiger partial charge in [-0.15, -0.1) is 0 Å². The van der Waals surface area contributed by atoms with Gasteiger partial charge in [0.1, 0.15) is 17.0 Å². The van der Waals surface area contributed by atoms with Gasteiger partial charge in [-0.25, -0.2) is 15.0 Å². The predicted octanol–water partition coefficient (Wildman–Crippen LogP) is 3.85. The fourth-order valence-electron chi connectivity index (χ4n) is 3.41. The average Bonchev–Trinajstić information content (AvgIpc) is 3.68. The van der Waals surface area contributed by atoms with Crippen molar-refractivity contribution in [3.05, 3.63) is 40.3 Å². The van der Waals surface area contributed by atoms with Crippen molar-refractivity contribution in [3.8, 4) is 22.8 Å². The summed E-state index contributed by atoms with van der Waals surface area (Å²) < 4.78 is 10.8. The second-order valence-electron chi connectivity index (χ2n) is 7.96. The molecule has 1 aliphatic rings. The number of fused-ring (bicyclic) bond motifs is 1. The van der Waals surface area contributed by atoms with E-state index in [0.29, 0.717) is 55.4 Å². The highest BCUT2D eigenvalue weighted by Gasteiger charge is 2.24. The number of hydrogen-bond donors (Lipinski definition) is 4. The molecule has 0 saturated heterocycles. The van der Waals surface area contributed by atoms with Gasteiger partial charge in [-0.2, -0.15) is 4.99 Å². The lowest BCUT2D eigenvalue weighted by Crippen LogP contribution is -2.22. The first kappa shape index (κ1) is 24.6. The molecule has 10 nitrogen and oxygen atoms in total. The molecule has 1 fully saturated rings. The molecule has 4 rings (SSSR count). The number of halogens is 2. The minimum absolute atomic E-state index is 0.0952. The molecule has 2 heterocycles. The molecular weight excluding hydrogens is 491 g/mol. The summed E-state index contributed by atoms with van der Waals surface area (Å²) in [6, 6.07) is 3.43. The van der Waals surface area contributed by atoms with Crippen LogP contribution in [0.5, 0.6) is 11.5 Å². The molecule has 0 atom stereocenters. The maximum absolute atomic E-state index is 6.65. The Hall–Kier alpha value is -3.50. The number of pyridine rings is 1. The number of rotatable bonds is 9. The number of nitrogens with two attached hydrogens (primary N) is 2. The van der Waals surface area contributed by atoms with Crippen molar-refractivity contribution in [2.45, 2.75) is 12.8 Å². The van der Waals surface area contributed by atoms with Crippen LogP contribution in [0.2, 0.25) is 10.0 Å². The van der Waals surface area contributed by atoms with E-state index in [1.54, 1.807) is 25.4 Å². The van der Waals surface area contributed by atoms with Crippen LogP contribution in [0.25, 0.3) is 22.2 Å². The molecule has 3 aromatic rings. The number of methoxy groups -OCH3 is 2. The van der Waals surface area contributed by atoms with Gasteiger partial charge < -0.3 is 31.6 Å². The summed E-state index contributed by atoms with van der Waals surface area (Å²) in [6.45, 7) is 0.761. The summed E-state index contributed by atoms with van der Waals surface area (Å²) in [5.41, 5.74) is 13.7.